The van der Waals surface area contributed by atoms with Crippen LogP contribution in [-0.2, 0) is 0 Å². The molecule has 0 nitrogen and oxygen atoms in total. The fourth-order valence-corrected chi connectivity index (χ4v) is 9.98. The maximum atomic E-state index is 2.73. The Morgan fingerprint density at radius 3 is 2.36 bits per heavy atom. The van der Waals surface area contributed by atoms with Crippen LogP contribution in [0, 0.1) is 39.9 Å². The van der Waals surface area contributed by atoms with Gasteiger partial charge in [-0.25, -0.2) is 0 Å². The minimum atomic E-state index is 0.572. The summed E-state index contributed by atoms with van der Waals surface area (Å²) in [6.07, 6.45) is 15.0. The zero-order valence-corrected chi connectivity index (χ0v) is 18.4. The van der Waals surface area contributed by atoms with Crippen LogP contribution in [0.3, 0.4) is 0 Å². The number of hydrogen-bond acceptors (Lipinski definition) is 1. The summed E-state index contributed by atoms with van der Waals surface area (Å²) in [5.41, 5.74) is 1.88. The predicted molar refractivity (Wildman–Crippen MR) is 112 cm³/mol. The van der Waals surface area contributed by atoms with Crippen LogP contribution >= 0.6 is 11.8 Å². The van der Waals surface area contributed by atoms with Crippen LogP contribution in [0.25, 0.3) is 0 Å². The third-order valence-electron chi connectivity index (χ3n) is 9.68. The fourth-order valence-electron chi connectivity index (χ4n) is 8.48. The average molecular weight is 363 g/mol. The van der Waals surface area contributed by atoms with Crippen LogP contribution in [0.1, 0.15) is 98.8 Å². The molecule has 0 N–H and O–H groups in total. The zero-order valence-electron chi connectivity index (χ0n) is 17.6. The van der Waals surface area contributed by atoms with Gasteiger partial charge in [0.15, 0.2) is 0 Å². The van der Waals surface area contributed by atoms with E-state index < -0.39 is 0 Å². The van der Waals surface area contributed by atoms with Crippen molar-refractivity contribution >= 4 is 11.8 Å². The predicted octanol–water partition coefficient (Wildman–Crippen LogP) is 7.57. The lowest BCUT2D eigenvalue weighted by atomic mass is 9.40. The summed E-state index contributed by atoms with van der Waals surface area (Å²) in [7, 11) is 0. The van der Waals surface area contributed by atoms with E-state index in [1.165, 1.54) is 70.0 Å². The number of thioether (sulfide) groups is 1. The number of rotatable bonds is 3. The lowest BCUT2D eigenvalue weighted by Crippen LogP contribution is -2.58. The van der Waals surface area contributed by atoms with E-state index in [0.29, 0.717) is 16.2 Å². The molecule has 0 bridgehead atoms. The van der Waals surface area contributed by atoms with E-state index in [-0.39, 0.29) is 0 Å². The highest BCUT2D eigenvalue weighted by Gasteiger charge is 2.63. The lowest BCUT2D eigenvalue weighted by Gasteiger charge is -2.65. The number of hydrogen-bond donors (Lipinski definition) is 0. The molecule has 0 saturated heterocycles. The van der Waals surface area contributed by atoms with Crippen molar-refractivity contribution in [2.75, 3.05) is 5.75 Å². The third kappa shape index (κ3) is 2.76. The average Bonchev–Trinajstić information content (AvgIpc) is 2.89. The molecule has 0 amide bonds. The molecule has 4 fully saturated rings. The summed E-state index contributed by atoms with van der Waals surface area (Å²) in [5, 5.41) is 0.950. The van der Waals surface area contributed by atoms with Gasteiger partial charge in [-0.3, -0.25) is 0 Å². The molecular weight excluding hydrogens is 320 g/mol. The largest absolute Gasteiger partial charge is 0.158 e. The summed E-state index contributed by atoms with van der Waals surface area (Å²) in [6.45, 7) is 13.1. The van der Waals surface area contributed by atoms with Gasteiger partial charge in [0.05, 0.1) is 0 Å². The molecule has 4 rings (SSSR count). The van der Waals surface area contributed by atoms with E-state index in [2.05, 4.69) is 46.4 Å². The van der Waals surface area contributed by atoms with E-state index in [1.54, 1.807) is 0 Å². The quantitative estimate of drug-likeness (QED) is 0.499. The van der Waals surface area contributed by atoms with Crippen molar-refractivity contribution in [1.29, 1.82) is 0 Å². The van der Waals surface area contributed by atoms with Crippen LogP contribution in [0.5, 0.6) is 0 Å². The Kier molecular flexibility index (Phi) is 4.83. The minimum absolute atomic E-state index is 0.572. The van der Waals surface area contributed by atoms with Gasteiger partial charge in [0, 0.05) is 5.25 Å². The van der Waals surface area contributed by atoms with Crippen molar-refractivity contribution in [3.8, 4) is 0 Å². The molecule has 7 atom stereocenters. The number of fused-ring (bicyclic) bond motifs is 5. The van der Waals surface area contributed by atoms with Crippen LogP contribution in [0.2, 0.25) is 0 Å². The first-order valence-corrected chi connectivity index (χ1v) is 12.5. The van der Waals surface area contributed by atoms with Crippen LogP contribution < -0.4 is 0 Å². The highest BCUT2D eigenvalue weighted by molar-refractivity contribution is 7.99. The Balaban J connectivity index is 1.65. The van der Waals surface area contributed by atoms with E-state index in [1.807, 2.05) is 0 Å². The molecule has 4 aliphatic rings. The molecule has 0 aromatic carbocycles. The molecule has 2 unspecified atom stereocenters. The molecule has 0 heterocycles. The lowest BCUT2D eigenvalue weighted by molar-refractivity contribution is -0.160. The monoisotopic (exact) mass is 362 g/mol. The molecule has 0 aromatic heterocycles. The van der Waals surface area contributed by atoms with Gasteiger partial charge in [0.25, 0.3) is 0 Å². The molecule has 4 saturated carbocycles. The summed E-state index contributed by atoms with van der Waals surface area (Å²) < 4.78 is 0. The van der Waals surface area contributed by atoms with Crippen LogP contribution in [0.15, 0.2) is 0 Å². The molecular formula is C24H42S. The van der Waals surface area contributed by atoms with E-state index >= 15 is 0 Å². The van der Waals surface area contributed by atoms with Gasteiger partial charge in [0.2, 0.25) is 0 Å². The van der Waals surface area contributed by atoms with Gasteiger partial charge >= 0.3 is 0 Å². The highest BCUT2D eigenvalue weighted by Crippen LogP contribution is 2.71. The molecule has 1 heteroatoms. The van der Waals surface area contributed by atoms with Crippen molar-refractivity contribution in [2.24, 2.45) is 39.9 Å². The minimum Gasteiger partial charge on any atom is -0.158 e. The summed E-state index contributed by atoms with van der Waals surface area (Å²) in [6, 6.07) is 0. The summed E-state index contributed by atoms with van der Waals surface area (Å²) in [5.74, 6) is 5.43. The van der Waals surface area contributed by atoms with Gasteiger partial charge in [-0.15, -0.1) is 0 Å². The van der Waals surface area contributed by atoms with Crippen molar-refractivity contribution in [3.05, 3.63) is 0 Å². The van der Waals surface area contributed by atoms with E-state index in [0.717, 1.165) is 28.9 Å². The van der Waals surface area contributed by atoms with Gasteiger partial charge in [-0.2, -0.15) is 11.8 Å². The van der Waals surface area contributed by atoms with Gasteiger partial charge in [-0.1, -0.05) is 47.5 Å². The highest BCUT2D eigenvalue weighted by atomic mass is 32.2. The molecule has 0 spiro atoms. The topological polar surface area (TPSA) is 0 Å². The van der Waals surface area contributed by atoms with Crippen molar-refractivity contribution in [2.45, 2.75) is 104 Å². The van der Waals surface area contributed by atoms with Crippen LogP contribution in [0.4, 0.5) is 0 Å². The molecule has 0 aromatic rings. The van der Waals surface area contributed by atoms with Gasteiger partial charge < -0.3 is 0 Å². The first kappa shape index (κ1) is 18.7. The molecule has 144 valence electrons. The fraction of sp³-hybridized carbons (Fsp3) is 1.00. The first-order chi connectivity index (χ1) is 11.8. The first-order valence-electron chi connectivity index (χ1n) is 11.4. The summed E-state index contributed by atoms with van der Waals surface area (Å²) >= 11 is 2.33. The standard InChI is InChI=1S/C24H42S/c1-6-15-25-20-11-10-18-21-19(12-14-24(18,20)5)23(4)13-8-7-9-17(23)16-22(21,2)3/h17-21H,6-16H2,1-5H3/t17?,18-,19+,20?,21-,23-,24-/m0/s1. The smallest absolute Gasteiger partial charge is 0.0104 e. The Morgan fingerprint density at radius 2 is 1.60 bits per heavy atom. The Bertz CT molecular complexity index is 496. The SMILES string of the molecule is CCCSC1CC[C@H]2[C@H]3[C@@H](CC[C@]12C)[C@@]1(C)CCCCC1CC3(C)C. The second kappa shape index (κ2) is 6.46. The maximum absolute atomic E-state index is 2.73. The second-order valence-corrected chi connectivity index (χ2v) is 12.7. The third-order valence-corrected chi connectivity index (χ3v) is 11.5. The Hall–Kier alpha value is 0.350. The van der Waals surface area contributed by atoms with Gasteiger partial charge in [-0.05, 0) is 97.0 Å². The molecule has 0 aliphatic heterocycles. The zero-order chi connectivity index (χ0) is 17.9. The summed E-state index contributed by atoms with van der Waals surface area (Å²) in [4.78, 5) is 0. The molecule has 25 heavy (non-hydrogen) atoms. The van der Waals surface area contributed by atoms with E-state index in [4.69, 9.17) is 0 Å². The van der Waals surface area contributed by atoms with Gasteiger partial charge in [0.1, 0.15) is 0 Å². The Morgan fingerprint density at radius 1 is 0.840 bits per heavy atom. The molecule has 4 aliphatic carbocycles. The van der Waals surface area contributed by atoms with Crippen molar-refractivity contribution in [3.63, 3.8) is 0 Å². The van der Waals surface area contributed by atoms with Crippen LogP contribution in [-0.4, -0.2) is 11.0 Å². The second-order valence-electron chi connectivity index (χ2n) is 11.4. The normalized spacial score (nSPS) is 51.5. The van der Waals surface area contributed by atoms with Crippen molar-refractivity contribution in [1.82, 2.24) is 0 Å². The Labute approximate surface area is 161 Å². The maximum Gasteiger partial charge on any atom is 0.0104 e. The van der Waals surface area contributed by atoms with Crippen molar-refractivity contribution < 1.29 is 0 Å². The van der Waals surface area contributed by atoms with E-state index in [9.17, 15) is 0 Å². The molecule has 0 radical (unpaired) electrons.